The van der Waals surface area contributed by atoms with Crippen molar-refractivity contribution in [3.63, 3.8) is 0 Å². The van der Waals surface area contributed by atoms with Crippen molar-refractivity contribution in [3.8, 4) is 6.07 Å². The molecule has 2 aromatic carbocycles. The number of benzene rings is 2. The molecule has 0 aliphatic rings. The van der Waals surface area contributed by atoms with E-state index in [9.17, 15) is 9.59 Å². The second kappa shape index (κ2) is 8.34. The van der Waals surface area contributed by atoms with Gasteiger partial charge < -0.3 is 15.4 Å². The van der Waals surface area contributed by atoms with Gasteiger partial charge in [0.2, 0.25) is 5.91 Å². The number of ether oxygens (including phenoxy) is 1. The number of hydrogen-bond donors (Lipinski definition) is 2. The van der Waals surface area contributed by atoms with Crippen LogP contribution in [0.25, 0.3) is 0 Å². The fourth-order valence-electron chi connectivity index (χ4n) is 2.10. The Bertz CT molecular complexity index is 736. The monoisotopic (exact) mass is 323 g/mol. The minimum Gasteiger partial charge on any atom is -0.467 e. The lowest BCUT2D eigenvalue weighted by Crippen LogP contribution is -2.37. The number of amides is 1. The molecule has 1 amide bonds. The molecule has 2 rings (SSSR count). The van der Waals surface area contributed by atoms with Gasteiger partial charge in [-0.15, -0.1) is 0 Å². The van der Waals surface area contributed by atoms with E-state index in [1.54, 1.807) is 48.5 Å². The largest absolute Gasteiger partial charge is 0.467 e. The number of carbonyl (C=O) groups excluding carboxylic acids is 2. The molecule has 6 heteroatoms. The van der Waals surface area contributed by atoms with Crippen LogP contribution in [0, 0.1) is 11.3 Å². The lowest BCUT2D eigenvalue weighted by Gasteiger charge is -2.17. The SMILES string of the molecule is COC(=O)[C@@H](NC(=O)CNc1ccc(C#N)cc1)c1ccccc1. The Morgan fingerprint density at radius 1 is 1.12 bits per heavy atom. The third-order valence-corrected chi connectivity index (χ3v) is 3.34. The van der Waals surface area contributed by atoms with Crippen LogP contribution < -0.4 is 10.6 Å². The summed E-state index contributed by atoms with van der Waals surface area (Å²) in [6, 6.07) is 16.8. The maximum atomic E-state index is 12.1. The molecule has 0 unspecified atom stereocenters. The average molecular weight is 323 g/mol. The highest BCUT2D eigenvalue weighted by Gasteiger charge is 2.23. The van der Waals surface area contributed by atoms with Crippen LogP contribution in [0.2, 0.25) is 0 Å². The number of hydrogen-bond acceptors (Lipinski definition) is 5. The van der Waals surface area contributed by atoms with E-state index in [0.29, 0.717) is 16.8 Å². The number of nitriles is 1. The summed E-state index contributed by atoms with van der Waals surface area (Å²) in [7, 11) is 1.28. The van der Waals surface area contributed by atoms with E-state index in [2.05, 4.69) is 10.6 Å². The quantitative estimate of drug-likeness (QED) is 0.793. The van der Waals surface area contributed by atoms with Gasteiger partial charge in [-0.3, -0.25) is 4.79 Å². The average Bonchev–Trinajstić information content (AvgIpc) is 2.65. The van der Waals surface area contributed by atoms with Crippen molar-refractivity contribution in [1.29, 1.82) is 5.26 Å². The maximum Gasteiger partial charge on any atom is 0.333 e. The summed E-state index contributed by atoms with van der Waals surface area (Å²) in [6.07, 6.45) is 0. The summed E-state index contributed by atoms with van der Waals surface area (Å²) in [5, 5.41) is 14.3. The number of methoxy groups -OCH3 is 1. The van der Waals surface area contributed by atoms with Gasteiger partial charge >= 0.3 is 5.97 Å². The van der Waals surface area contributed by atoms with Gasteiger partial charge in [-0.2, -0.15) is 5.26 Å². The van der Waals surface area contributed by atoms with Crippen LogP contribution in [0.4, 0.5) is 5.69 Å². The number of carbonyl (C=O) groups is 2. The molecular formula is C18H17N3O3. The third-order valence-electron chi connectivity index (χ3n) is 3.34. The molecule has 2 aromatic rings. The Hall–Kier alpha value is -3.33. The molecule has 0 aliphatic heterocycles. The third kappa shape index (κ3) is 4.58. The molecule has 0 bridgehead atoms. The highest BCUT2D eigenvalue weighted by molar-refractivity contribution is 5.87. The topological polar surface area (TPSA) is 91.2 Å². The smallest absolute Gasteiger partial charge is 0.333 e. The molecule has 0 radical (unpaired) electrons. The first kappa shape index (κ1) is 17.0. The van der Waals surface area contributed by atoms with Crippen molar-refractivity contribution in [2.24, 2.45) is 0 Å². The summed E-state index contributed by atoms with van der Waals surface area (Å²) >= 11 is 0. The molecular weight excluding hydrogens is 306 g/mol. The van der Waals surface area contributed by atoms with E-state index in [1.165, 1.54) is 7.11 Å². The van der Waals surface area contributed by atoms with Crippen LogP contribution in [0.1, 0.15) is 17.2 Å². The highest BCUT2D eigenvalue weighted by Crippen LogP contribution is 2.14. The molecule has 0 aromatic heterocycles. The highest BCUT2D eigenvalue weighted by atomic mass is 16.5. The minimum absolute atomic E-state index is 0.00771. The van der Waals surface area contributed by atoms with E-state index in [-0.39, 0.29) is 12.5 Å². The summed E-state index contributed by atoms with van der Waals surface area (Å²) in [6.45, 7) is -0.00771. The Kier molecular flexibility index (Phi) is 5.92. The summed E-state index contributed by atoms with van der Waals surface area (Å²) in [5.41, 5.74) is 1.90. The molecule has 1 atom stereocenters. The van der Waals surface area contributed by atoms with Gasteiger partial charge in [0.25, 0.3) is 0 Å². The van der Waals surface area contributed by atoms with E-state index in [0.717, 1.165) is 0 Å². The van der Waals surface area contributed by atoms with E-state index in [1.807, 2.05) is 12.1 Å². The first-order chi connectivity index (χ1) is 11.6. The molecule has 0 aliphatic carbocycles. The number of esters is 1. The maximum absolute atomic E-state index is 12.1. The first-order valence-electron chi connectivity index (χ1n) is 7.30. The van der Waals surface area contributed by atoms with Gasteiger partial charge in [0.15, 0.2) is 6.04 Å². The fourth-order valence-corrected chi connectivity index (χ4v) is 2.10. The van der Waals surface area contributed by atoms with Gasteiger partial charge in [-0.25, -0.2) is 4.79 Å². The summed E-state index contributed by atoms with van der Waals surface area (Å²) in [5.74, 6) is -0.883. The van der Waals surface area contributed by atoms with Crippen LogP contribution in [0.15, 0.2) is 54.6 Å². The van der Waals surface area contributed by atoms with Crippen molar-refractivity contribution in [3.05, 3.63) is 65.7 Å². The van der Waals surface area contributed by atoms with Crippen molar-refractivity contribution < 1.29 is 14.3 Å². The molecule has 0 saturated carbocycles. The standard InChI is InChI=1S/C18H17N3O3/c1-24-18(23)17(14-5-3-2-4-6-14)21-16(22)12-20-15-9-7-13(11-19)8-10-15/h2-10,17,20H,12H2,1H3,(H,21,22)/t17-/m0/s1. The van der Waals surface area contributed by atoms with Gasteiger partial charge in [-0.1, -0.05) is 30.3 Å². The van der Waals surface area contributed by atoms with Crippen LogP contribution in [-0.4, -0.2) is 25.5 Å². The van der Waals surface area contributed by atoms with Crippen LogP contribution >= 0.6 is 0 Å². The second-order valence-corrected chi connectivity index (χ2v) is 4.98. The Morgan fingerprint density at radius 3 is 2.38 bits per heavy atom. The van der Waals surface area contributed by atoms with E-state index in [4.69, 9.17) is 10.00 Å². The lowest BCUT2D eigenvalue weighted by atomic mass is 10.1. The molecule has 122 valence electrons. The van der Waals surface area contributed by atoms with Gasteiger partial charge in [0, 0.05) is 5.69 Å². The van der Waals surface area contributed by atoms with Gasteiger partial charge in [0.05, 0.1) is 25.3 Å². The van der Waals surface area contributed by atoms with Crippen LogP contribution in [0.5, 0.6) is 0 Å². The zero-order chi connectivity index (χ0) is 17.4. The Labute approximate surface area is 140 Å². The molecule has 24 heavy (non-hydrogen) atoms. The Balaban J connectivity index is 1.97. The molecule has 0 spiro atoms. The number of nitrogens with one attached hydrogen (secondary N) is 2. The molecule has 0 heterocycles. The predicted octanol–water partition coefficient (Wildman–Crippen LogP) is 2.00. The summed E-state index contributed by atoms with van der Waals surface area (Å²) in [4.78, 5) is 24.0. The second-order valence-electron chi connectivity index (χ2n) is 4.98. The summed E-state index contributed by atoms with van der Waals surface area (Å²) < 4.78 is 4.75. The lowest BCUT2D eigenvalue weighted by molar-refractivity contribution is -0.145. The van der Waals surface area contributed by atoms with Crippen molar-refractivity contribution in [2.45, 2.75) is 6.04 Å². The number of nitrogens with zero attached hydrogens (tertiary/aromatic N) is 1. The zero-order valence-corrected chi connectivity index (χ0v) is 13.2. The van der Waals surface area contributed by atoms with Gasteiger partial charge in [-0.05, 0) is 29.8 Å². The van der Waals surface area contributed by atoms with E-state index < -0.39 is 12.0 Å². The first-order valence-corrected chi connectivity index (χ1v) is 7.30. The van der Waals surface area contributed by atoms with Gasteiger partial charge in [0.1, 0.15) is 0 Å². The Morgan fingerprint density at radius 2 is 1.79 bits per heavy atom. The van der Waals surface area contributed by atoms with Crippen molar-refractivity contribution >= 4 is 17.6 Å². The zero-order valence-electron chi connectivity index (χ0n) is 13.2. The molecule has 0 fully saturated rings. The molecule has 0 saturated heterocycles. The normalized spacial score (nSPS) is 11.0. The molecule has 6 nitrogen and oxygen atoms in total. The minimum atomic E-state index is -0.855. The van der Waals surface area contributed by atoms with Crippen LogP contribution in [-0.2, 0) is 14.3 Å². The van der Waals surface area contributed by atoms with Crippen molar-refractivity contribution in [1.82, 2.24) is 5.32 Å². The molecule has 2 N–H and O–H groups in total. The fraction of sp³-hybridized carbons (Fsp3) is 0.167. The van der Waals surface area contributed by atoms with Crippen LogP contribution in [0.3, 0.4) is 0 Å². The van der Waals surface area contributed by atoms with Crippen molar-refractivity contribution in [2.75, 3.05) is 19.0 Å². The number of rotatable bonds is 6. The number of anilines is 1. The predicted molar refractivity (Wildman–Crippen MR) is 89.0 cm³/mol. The van der Waals surface area contributed by atoms with E-state index >= 15 is 0 Å².